The van der Waals surface area contributed by atoms with Gasteiger partial charge in [0, 0.05) is 11.3 Å². The van der Waals surface area contributed by atoms with Gasteiger partial charge in [-0.3, -0.25) is 9.82 Å². The number of hydrogen-bond donors (Lipinski definition) is 2. The van der Waals surface area contributed by atoms with Crippen molar-refractivity contribution >= 4 is 49.1 Å². The summed E-state index contributed by atoms with van der Waals surface area (Å²) >= 11 is 4.14. The number of carbonyl (C=O) groups excluding carboxylic acids is 1. The number of thiophene rings is 1. The summed E-state index contributed by atoms with van der Waals surface area (Å²) in [5.74, 6) is -0.362. The second-order valence-electron chi connectivity index (χ2n) is 4.17. The van der Waals surface area contributed by atoms with Crippen molar-refractivity contribution in [3.8, 4) is 0 Å². The van der Waals surface area contributed by atoms with Gasteiger partial charge in [-0.2, -0.15) is 5.10 Å². The van der Waals surface area contributed by atoms with Crippen LogP contribution < -0.4 is 4.72 Å². The van der Waals surface area contributed by atoms with Crippen LogP contribution in [0.5, 0.6) is 0 Å². The van der Waals surface area contributed by atoms with Crippen molar-refractivity contribution in [2.45, 2.75) is 18.7 Å². The van der Waals surface area contributed by atoms with Crippen LogP contribution in [-0.2, 0) is 14.8 Å². The molecule has 0 amide bonds. The van der Waals surface area contributed by atoms with Crippen molar-refractivity contribution in [3.05, 3.63) is 26.0 Å². The first kappa shape index (κ1) is 16.0. The molecule has 2 aromatic heterocycles. The molecule has 0 saturated carbocycles. The average molecular weight is 394 g/mol. The van der Waals surface area contributed by atoms with Gasteiger partial charge < -0.3 is 4.74 Å². The summed E-state index contributed by atoms with van der Waals surface area (Å²) in [6.45, 7) is 3.54. The van der Waals surface area contributed by atoms with Gasteiger partial charge in [0.1, 0.15) is 9.77 Å². The minimum atomic E-state index is -3.85. The molecule has 0 radical (unpaired) electrons. The average Bonchev–Trinajstić information content (AvgIpc) is 2.96. The number of halogens is 1. The Labute approximate surface area is 133 Å². The van der Waals surface area contributed by atoms with E-state index < -0.39 is 16.0 Å². The van der Waals surface area contributed by atoms with Crippen molar-refractivity contribution < 1.29 is 17.9 Å². The van der Waals surface area contributed by atoms with Crippen molar-refractivity contribution in [2.75, 3.05) is 11.8 Å². The number of aromatic nitrogens is 2. The number of H-pyrrole nitrogens is 1. The number of anilines is 1. The molecule has 2 N–H and O–H groups in total. The number of rotatable bonds is 4. The maximum absolute atomic E-state index is 12.4. The van der Waals surface area contributed by atoms with Crippen molar-refractivity contribution in [1.82, 2.24) is 10.2 Å². The lowest BCUT2D eigenvalue weighted by Crippen LogP contribution is -2.13. The van der Waals surface area contributed by atoms with Crippen molar-refractivity contribution in [1.29, 1.82) is 0 Å². The number of aryl methyl sites for hydroxylation is 1. The SMILES string of the molecule is COC(=O)c1cc(S(=O)(=O)Nc2n[nH]c(C)c2C)c(Br)s1. The Bertz CT molecular complexity index is 794. The van der Waals surface area contributed by atoms with Crippen molar-refractivity contribution in [2.24, 2.45) is 0 Å². The lowest BCUT2D eigenvalue weighted by atomic mass is 10.3. The van der Waals surface area contributed by atoms with Crippen LogP contribution in [-0.4, -0.2) is 31.7 Å². The fraction of sp³-hybridized carbons (Fsp3) is 0.273. The minimum Gasteiger partial charge on any atom is -0.465 e. The summed E-state index contributed by atoms with van der Waals surface area (Å²) in [6.07, 6.45) is 0. The molecule has 114 valence electrons. The standard InChI is InChI=1S/C11H12BrN3O4S2/c1-5-6(2)13-14-10(5)15-21(17,18)8-4-7(11(16)19-3)20-9(8)12/h4H,1-3H3,(H2,13,14,15). The van der Waals surface area contributed by atoms with Gasteiger partial charge >= 0.3 is 5.97 Å². The van der Waals surface area contributed by atoms with Crippen LogP contribution in [0.3, 0.4) is 0 Å². The van der Waals surface area contributed by atoms with Gasteiger partial charge in [0.15, 0.2) is 5.82 Å². The van der Waals surface area contributed by atoms with E-state index in [9.17, 15) is 13.2 Å². The highest BCUT2D eigenvalue weighted by atomic mass is 79.9. The summed E-state index contributed by atoms with van der Waals surface area (Å²) in [5.41, 5.74) is 1.48. The predicted molar refractivity (Wildman–Crippen MR) is 82.2 cm³/mol. The van der Waals surface area contributed by atoms with Crippen LogP contribution in [0.4, 0.5) is 5.82 Å². The minimum absolute atomic E-state index is 0.0343. The molecule has 0 bridgehead atoms. The summed E-state index contributed by atoms with van der Waals surface area (Å²) in [6, 6.07) is 1.26. The highest BCUT2D eigenvalue weighted by Crippen LogP contribution is 2.33. The Balaban J connectivity index is 2.38. The molecule has 2 rings (SSSR count). The normalized spacial score (nSPS) is 11.4. The Hall–Kier alpha value is -1.39. The second kappa shape index (κ2) is 5.78. The molecule has 0 spiro atoms. The predicted octanol–water partition coefficient (Wildman–Crippen LogP) is 2.44. The van der Waals surface area contributed by atoms with Crippen LogP contribution >= 0.6 is 27.3 Å². The van der Waals surface area contributed by atoms with E-state index in [1.54, 1.807) is 13.8 Å². The number of aromatic amines is 1. The number of hydrogen-bond acceptors (Lipinski definition) is 6. The molecule has 21 heavy (non-hydrogen) atoms. The third kappa shape index (κ3) is 3.11. The number of esters is 1. The first-order chi connectivity index (χ1) is 9.76. The van der Waals surface area contributed by atoms with E-state index in [1.807, 2.05) is 0 Å². The first-order valence-electron chi connectivity index (χ1n) is 5.68. The maximum atomic E-state index is 12.4. The van der Waals surface area contributed by atoms with Crippen LogP contribution in [0.1, 0.15) is 20.9 Å². The van der Waals surface area contributed by atoms with E-state index in [4.69, 9.17) is 0 Å². The Kier molecular flexibility index (Phi) is 4.40. The Morgan fingerprint density at radius 3 is 2.67 bits per heavy atom. The lowest BCUT2D eigenvalue weighted by Gasteiger charge is -2.05. The highest BCUT2D eigenvalue weighted by Gasteiger charge is 2.25. The topological polar surface area (TPSA) is 101 Å². The van der Waals surface area contributed by atoms with Gasteiger partial charge in [0.2, 0.25) is 0 Å². The zero-order valence-electron chi connectivity index (χ0n) is 11.4. The largest absolute Gasteiger partial charge is 0.465 e. The van der Waals surface area contributed by atoms with Crippen LogP contribution in [0.15, 0.2) is 14.7 Å². The summed E-state index contributed by atoms with van der Waals surface area (Å²) in [5, 5.41) is 6.59. The van der Waals surface area contributed by atoms with Gasteiger partial charge in [0.05, 0.1) is 10.9 Å². The molecular formula is C11H12BrN3O4S2. The number of sulfonamides is 1. The van der Waals surface area contributed by atoms with Crippen LogP contribution in [0.2, 0.25) is 0 Å². The number of nitrogens with zero attached hydrogens (tertiary/aromatic N) is 1. The fourth-order valence-corrected chi connectivity index (χ4v) is 5.05. The molecule has 2 heterocycles. The van der Waals surface area contributed by atoms with Gasteiger partial charge in [-0.15, -0.1) is 11.3 Å². The van der Waals surface area contributed by atoms with Gasteiger partial charge in [-0.25, -0.2) is 13.2 Å². The Morgan fingerprint density at radius 1 is 1.48 bits per heavy atom. The fourth-order valence-electron chi connectivity index (χ4n) is 1.50. The van der Waals surface area contributed by atoms with Gasteiger partial charge in [0.25, 0.3) is 10.0 Å². The van der Waals surface area contributed by atoms with Gasteiger partial charge in [-0.1, -0.05) is 0 Å². The summed E-state index contributed by atoms with van der Waals surface area (Å²) in [4.78, 5) is 11.6. The molecule has 0 aliphatic heterocycles. The molecule has 0 fully saturated rings. The summed E-state index contributed by atoms with van der Waals surface area (Å²) < 4.78 is 32.0. The molecule has 0 aromatic carbocycles. The van der Waals surface area contributed by atoms with E-state index >= 15 is 0 Å². The third-order valence-corrected chi connectivity index (χ3v) is 6.39. The van der Waals surface area contributed by atoms with E-state index in [2.05, 4.69) is 35.6 Å². The molecule has 7 nitrogen and oxygen atoms in total. The quantitative estimate of drug-likeness (QED) is 0.776. The monoisotopic (exact) mass is 393 g/mol. The number of carbonyl (C=O) groups is 1. The zero-order chi connectivity index (χ0) is 15.8. The van der Waals surface area contributed by atoms with E-state index in [-0.39, 0.29) is 15.6 Å². The molecule has 0 saturated heterocycles. The number of ether oxygens (including phenoxy) is 1. The van der Waals surface area contributed by atoms with E-state index in [0.29, 0.717) is 9.35 Å². The maximum Gasteiger partial charge on any atom is 0.348 e. The first-order valence-corrected chi connectivity index (χ1v) is 8.77. The molecule has 0 aliphatic carbocycles. The van der Waals surface area contributed by atoms with Gasteiger partial charge in [-0.05, 0) is 35.8 Å². The zero-order valence-corrected chi connectivity index (χ0v) is 14.6. The molecule has 2 aromatic rings. The van der Waals surface area contributed by atoms with Crippen LogP contribution in [0.25, 0.3) is 0 Å². The number of methoxy groups -OCH3 is 1. The van der Waals surface area contributed by atoms with Crippen LogP contribution in [0, 0.1) is 13.8 Å². The molecule has 0 atom stereocenters. The summed E-state index contributed by atoms with van der Waals surface area (Å²) in [7, 11) is -2.62. The second-order valence-corrected chi connectivity index (χ2v) is 8.19. The Morgan fingerprint density at radius 2 is 2.14 bits per heavy atom. The van der Waals surface area contributed by atoms with Crippen molar-refractivity contribution in [3.63, 3.8) is 0 Å². The molecular weight excluding hydrogens is 382 g/mol. The lowest BCUT2D eigenvalue weighted by molar-refractivity contribution is 0.0606. The number of nitrogens with one attached hydrogen (secondary N) is 2. The van der Waals surface area contributed by atoms with E-state index in [0.717, 1.165) is 17.0 Å². The third-order valence-electron chi connectivity index (χ3n) is 2.82. The molecule has 0 aliphatic rings. The van der Waals surface area contributed by atoms with E-state index in [1.165, 1.54) is 13.2 Å². The highest BCUT2D eigenvalue weighted by molar-refractivity contribution is 9.11. The molecule has 10 heteroatoms. The smallest absolute Gasteiger partial charge is 0.348 e. The molecule has 0 unspecified atom stereocenters.